The van der Waals surface area contributed by atoms with Gasteiger partial charge in [-0.2, -0.15) is 0 Å². The van der Waals surface area contributed by atoms with Crippen LogP contribution in [0.25, 0.3) is 0 Å². The average Bonchev–Trinajstić information content (AvgIpc) is 2.68. The second-order valence-electron chi connectivity index (χ2n) is 6.50. The number of hydrogen-bond donors (Lipinski definition) is 2. The molecule has 1 aliphatic rings. The first-order chi connectivity index (χ1) is 13.0. The molecule has 1 aliphatic heterocycles. The number of carbonyl (C=O) groups excluding carboxylic acids is 2. The molecule has 0 aliphatic carbocycles. The first kappa shape index (κ1) is 18.7. The Kier molecular flexibility index (Phi) is 5.90. The van der Waals surface area contributed by atoms with Gasteiger partial charge in [0.2, 0.25) is 5.91 Å². The van der Waals surface area contributed by atoms with Gasteiger partial charge in [0.05, 0.1) is 18.2 Å². The summed E-state index contributed by atoms with van der Waals surface area (Å²) in [6, 6.07) is 14.8. The third kappa shape index (κ3) is 4.75. The minimum atomic E-state index is -0.666. The summed E-state index contributed by atoms with van der Waals surface area (Å²) in [4.78, 5) is 27.7. The Morgan fingerprint density at radius 1 is 1.00 bits per heavy atom. The standard InChI is InChI=1S/C20H23FN4O2/c21-16-8-4-5-9-18(16)24-10-12-25(13-11-24)19(26)14-17(23-20(22)27)15-6-2-1-3-7-15/h1-9,17H,10-14H2,(H3,22,23,27)/t17-/m1/s1. The van der Waals surface area contributed by atoms with E-state index in [1.54, 1.807) is 23.1 Å². The summed E-state index contributed by atoms with van der Waals surface area (Å²) in [5.41, 5.74) is 6.65. The van der Waals surface area contributed by atoms with Crippen LogP contribution in [0, 0.1) is 5.82 Å². The number of benzene rings is 2. The maximum atomic E-state index is 13.9. The number of nitrogens with one attached hydrogen (secondary N) is 1. The molecule has 1 fully saturated rings. The molecule has 0 bridgehead atoms. The van der Waals surface area contributed by atoms with Gasteiger partial charge in [-0.05, 0) is 17.7 Å². The second kappa shape index (κ2) is 8.53. The number of piperazine rings is 1. The number of nitrogens with two attached hydrogens (primary N) is 1. The van der Waals surface area contributed by atoms with Gasteiger partial charge in [0.25, 0.3) is 0 Å². The molecule has 0 radical (unpaired) electrons. The van der Waals surface area contributed by atoms with Crippen LogP contribution in [-0.2, 0) is 4.79 Å². The molecule has 1 saturated heterocycles. The molecule has 27 heavy (non-hydrogen) atoms. The van der Waals surface area contributed by atoms with Crippen LogP contribution in [-0.4, -0.2) is 43.0 Å². The number of carbonyl (C=O) groups is 2. The van der Waals surface area contributed by atoms with E-state index in [4.69, 9.17) is 5.73 Å². The quantitative estimate of drug-likeness (QED) is 0.848. The summed E-state index contributed by atoms with van der Waals surface area (Å²) in [5, 5.41) is 2.64. The van der Waals surface area contributed by atoms with Gasteiger partial charge in [0, 0.05) is 26.2 Å². The van der Waals surface area contributed by atoms with Gasteiger partial charge in [-0.1, -0.05) is 42.5 Å². The second-order valence-corrected chi connectivity index (χ2v) is 6.50. The van der Waals surface area contributed by atoms with Crippen molar-refractivity contribution < 1.29 is 14.0 Å². The van der Waals surface area contributed by atoms with Crippen molar-refractivity contribution in [2.45, 2.75) is 12.5 Å². The molecule has 7 heteroatoms. The van der Waals surface area contributed by atoms with Crippen molar-refractivity contribution >= 4 is 17.6 Å². The van der Waals surface area contributed by atoms with Gasteiger partial charge in [-0.3, -0.25) is 4.79 Å². The van der Waals surface area contributed by atoms with E-state index < -0.39 is 12.1 Å². The number of anilines is 1. The zero-order valence-corrected chi connectivity index (χ0v) is 15.0. The highest BCUT2D eigenvalue weighted by atomic mass is 19.1. The van der Waals surface area contributed by atoms with Crippen molar-refractivity contribution in [1.82, 2.24) is 10.2 Å². The average molecular weight is 370 g/mol. The van der Waals surface area contributed by atoms with E-state index >= 15 is 0 Å². The van der Waals surface area contributed by atoms with Crippen LogP contribution in [0.2, 0.25) is 0 Å². The molecule has 142 valence electrons. The molecule has 0 aromatic heterocycles. The summed E-state index contributed by atoms with van der Waals surface area (Å²) in [6.07, 6.45) is 0.132. The minimum absolute atomic E-state index is 0.0641. The monoisotopic (exact) mass is 370 g/mol. The van der Waals surface area contributed by atoms with Gasteiger partial charge in [0.1, 0.15) is 5.82 Å². The first-order valence-electron chi connectivity index (χ1n) is 8.93. The highest BCUT2D eigenvalue weighted by Crippen LogP contribution is 2.22. The van der Waals surface area contributed by atoms with Gasteiger partial charge in [-0.25, -0.2) is 9.18 Å². The van der Waals surface area contributed by atoms with Gasteiger partial charge >= 0.3 is 6.03 Å². The number of amides is 3. The molecule has 3 N–H and O–H groups in total. The smallest absolute Gasteiger partial charge is 0.312 e. The molecular weight excluding hydrogens is 347 g/mol. The van der Waals surface area contributed by atoms with Gasteiger partial charge < -0.3 is 20.9 Å². The largest absolute Gasteiger partial charge is 0.366 e. The summed E-state index contributed by atoms with van der Waals surface area (Å²) in [6.45, 7) is 2.13. The van der Waals surface area contributed by atoms with Crippen molar-refractivity contribution in [2.75, 3.05) is 31.1 Å². The van der Waals surface area contributed by atoms with Crippen molar-refractivity contribution in [2.24, 2.45) is 5.73 Å². The van der Waals surface area contributed by atoms with Crippen molar-refractivity contribution in [3.8, 4) is 0 Å². The Morgan fingerprint density at radius 2 is 1.63 bits per heavy atom. The highest BCUT2D eigenvalue weighted by molar-refractivity contribution is 5.79. The third-order valence-corrected chi connectivity index (χ3v) is 4.72. The predicted octanol–water partition coefficient (Wildman–Crippen LogP) is 2.27. The van der Waals surface area contributed by atoms with Crippen molar-refractivity contribution in [1.29, 1.82) is 0 Å². The summed E-state index contributed by atoms with van der Waals surface area (Å²) in [7, 11) is 0. The maximum Gasteiger partial charge on any atom is 0.312 e. The van der Waals surface area contributed by atoms with Crippen LogP contribution in [0.5, 0.6) is 0 Å². The van der Waals surface area contributed by atoms with E-state index in [1.807, 2.05) is 35.2 Å². The van der Waals surface area contributed by atoms with Crippen LogP contribution < -0.4 is 16.0 Å². The molecule has 2 aromatic rings. The lowest BCUT2D eigenvalue weighted by Gasteiger charge is -2.36. The van der Waals surface area contributed by atoms with E-state index in [0.717, 1.165) is 5.56 Å². The zero-order chi connectivity index (χ0) is 19.2. The summed E-state index contributed by atoms with van der Waals surface area (Å²) >= 11 is 0. The van der Waals surface area contributed by atoms with E-state index in [9.17, 15) is 14.0 Å². The Bertz CT molecular complexity index is 792. The molecule has 3 amide bonds. The Balaban J connectivity index is 1.61. The van der Waals surface area contributed by atoms with Crippen LogP contribution in [0.15, 0.2) is 54.6 Å². The first-order valence-corrected chi connectivity index (χ1v) is 8.93. The molecule has 0 unspecified atom stereocenters. The maximum absolute atomic E-state index is 13.9. The molecule has 0 saturated carbocycles. The van der Waals surface area contributed by atoms with Crippen LogP contribution in [0.4, 0.5) is 14.9 Å². The number of urea groups is 1. The lowest BCUT2D eigenvalue weighted by molar-refractivity contribution is -0.132. The fraction of sp³-hybridized carbons (Fsp3) is 0.300. The highest BCUT2D eigenvalue weighted by Gasteiger charge is 2.25. The van der Waals surface area contributed by atoms with Crippen LogP contribution >= 0.6 is 0 Å². The fourth-order valence-electron chi connectivity index (χ4n) is 3.32. The Morgan fingerprint density at radius 3 is 2.26 bits per heavy atom. The number of hydrogen-bond acceptors (Lipinski definition) is 3. The Hall–Kier alpha value is -3.09. The predicted molar refractivity (Wildman–Crippen MR) is 102 cm³/mol. The molecule has 1 heterocycles. The van der Waals surface area contributed by atoms with Crippen LogP contribution in [0.3, 0.4) is 0 Å². The van der Waals surface area contributed by atoms with E-state index in [0.29, 0.717) is 31.9 Å². The molecular formula is C20H23FN4O2. The topological polar surface area (TPSA) is 78.7 Å². The zero-order valence-electron chi connectivity index (χ0n) is 15.0. The molecule has 3 rings (SSSR count). The normalized spacial score (nSPS) is 15.3. The Labute approximate surface area is 157 Å². The number of para-hydroxylation sites is 1. The number of rotatable bonds is 5. The van der Waals surface area contributed by atoms with Gasteiger partial charge in [-0.15, -0.1) is 0 Å². The van der Waals surface area contributed by atoms with E-state index in [1.165, 1.54) is 6.07 Å². The van der Waals surface area contributed by atoms with Crippen molar-refractivity contribution in [3.63, 3.8) is 0 Å². The van der Waals surface area contributed by atoms with Crippen LogP contribution in [0.1, 0.15) is 18.0 Å². The van der Waals surface area contributed by atoms with E-state index in [2.05, 4.69) is 5.32 Å². The van der Waals surface area contributed by atoms with Crippen molar-refractivity contribution in [3.05, 3.63) is 66.0 Å². The fourth-order valence-corrected chi connectivity index (χ4v) is 3.32. The molecule has 6 nitrogen and oxygen atoms in total. The molecule has 2 aromatic carbocycles. The SMILES string of the molecule is NC(=O)N[C@H](CC(=O)N1CCN(c2ccccc2F)CC1)c1ccccc1. The third-order valence-electron chi connectivity index (χ3n) is 4.72. The number of primary amides is 1. The summed E-state index contributed by atoms with van der Waals surface area (Å²) < 4.78 is 13.9. The van der Waals surface area contributed by atoms with Gasteiger partial charge in [0.15, 0.2) is 0 Å². The lowest BCUT2D eigenvalue weighted by Crippen LogP contribution is -2.49. The molecule has 0 spiro atoms. The minimum Gasteiger partial charge on any atom is -0.366 e. The number of halogens is 1. The molecule has 1 atom stereocenters. The summed E-state index contributed by atoms with van der Waals surface area (Å²) in [5.74, 6) is -0.321. The lowest BCUT2D eigenvalue weighted by atomic mass is 10.0. The number of nitrogens with zero attached hydrogens (tertiary/aromatic N) is 2. The van der Waals surface area contributed by atoms with E-state index in [-0.39, 0.29) is 18.1 Å².